The molecule has 0 aliphatic carbocycles. The van der Waals surface area contributed by atoms with E-state index < -0.39 is 206 Å². The van der Waals surface area contributed by atoms with Crippen LogP contribution < -0.4 is 86.3 Å². The van der Waals surface area contributed by atoms with Gasteiger partial charge in [-0.1, -0.05) is 74.5 Å². The molecule has 0 bridgehead atoms. The van der Waals surface area contributed by atoms with Crippen LogP contribution in [0.15, 0.2) is 97.6 Å². The number of phenols is 1. The number of aliphatic hydroxyl groups is 2. The fraction of sp³-hybridized carbons (Fsp3) is 0.494. The lowest BCUT2D eigenvalue weighted by Gasteiger charge is -2.30. The summed E-state index contributed by atoms with van der Waals surface area (Å²) in [6.45, 7) is 2.20. The van der Waals surface area contributed by atoms with Gasteiger partial charge in [0.2, 0.25) is 82.7 Å². The number of thioether (sulfide) groups is 1. The lowest BCUT2D eigenvalue weighted by atomic mass is 10.0. The highest BCUT2D eigenvalue weighted by Gasteiger charge is 2.41. The summed E-state index contributed by atoms with van der Waals surface area (Å²) in [7, 11) is 0. The van der Waals surface area contributed by atoms with Gasteiger partial charge in [-0.05, 0) is 117 Å². The second-order valence-electron chi connectivity index (χ2n) is 28.7. The van der Waals surface area contributed by atoms with Crippen molar-refractivity contribution in [1.29, 1.82) is 5.41 Å². The number of guanidine groups is 1. The number of likely N-dealkylation sites (tertiary alicyclic amines) is 1. The lowest BCUT2D eigenvalue weighted by molar-refractivity contribution is -0.142. The molecule has 3 heterocycles. The average molecular weight is 1660 g/mol. The number of carboxylic acid groups (broad SMARTS) is 1. The molecule has 41 heteroatoms. The van der Waals surface area contributed by atoms with Crippen LogP contribution >= 0.6 is 11.8 Å². The van der Waals surface area contributed by atoms with Crippen LogP contribution in [0.4, 0.5) is 0 Å². The van der Waals surface area contributed by atoms with Gasteiger partial charge in [-0.3, -0.25) is 77.3 Å². The highest BCUT2D eigenvalue weighted by Crippen LogP contribution is 2.23. The molecule has 1 fully saturated rings. The third kappa shape index (κ3) is 30.8. The Bertz CT molecular complexity index is 4250. The smallest absolute Gasteiger partial charge is 0.303 e. The molecule has 0 unspecified atom stereocenters. The van der Waals surface area contributed by atoms with E-state index in [4.69, 9.17) is 22.6 Å². The van der Waals surface area contributed by atoms with Crippen molar-refractivity contribution < 1.29 is 92.3 Å². The van der Waals surface area contributed by atoms with E-state index in [2.05, 4.69) is 84.1 Å². The number of rotatable bonds is 50. The predicted molar refractivity (Wildman–Crippen MR) is 431 cm³/mol. The number of carbonyl (C=O) groups is 15. The zero-order chi connectivity index (χ0) is 86.5. The number of unbranched alkanes of at least 4 members (excludes halogenated alkanes) is 1. The Morgan fingerprint density at radius 3 is 1.64 bits per heavy atom. The van der Waals surface area contributed by atoms with E-state index in [9.17, 15) is 78.0 Å². The summed E-state index contributed by atoms with van der Waals surface area (Å²) >= 11 is 1.23. The van der Waals surface area contributed by atoms with Crippen molar-refractivity contribution in [3.05, 3.63) is 120 Å². The Kier molecular flexibility index (Phi) is 38.8. The molecule has 0 spiro atoms. The minimum atomic E-state index is -1.84. The van der Waals surface area contributed by atoms with Gasteiger partial charge in [0, 0.05) is 81.1 Å². The molecule has 118 heavy (non-hydrogen) atoms. The van der Waals surface area contributed by atoms with E-state index >= 15 is 14.4 Å². The molecule has 0 saturated carbocycles. The van der Waals surface area contributed by atoms with Crippen LogP contribution in [0.5, 0.6) is 5.75 Å². The second-order valence-corrected chi connectivity index (χ2v) is 29.6. The van der Waals surface area contributed by atoms with Gasteiger partial charge in [-0.2, -0.15) is 11.8 Å². The number of aliphatic hydroxyl groups excluding tert-OH is 2. The number of primary amides is 1. The topological polar surface area (TPSA) is 643 Å². The molecule has 14 amide bonds. The van der Waals surface area contributed by atoms with Gasteiger partial charge in [-0.25, -0.2) is 4.98 Å². The van der Waals surface area contributed by atoms with Crippen LogP contribution in [0.3, 0.4) is 0 Å². The molecule has 3 aromatic carbocycles. The average Bonchev–Trinajstić information content (AvgIpc) is 1.64. The first-order valence-corrected chi connectivity index (χ1v) is 39.9. The number of aromatic nitrogens is 3. The molecule has 0 radical (unpaired) electrons. The van der Waals surface area contributed by atoms with Crippen LogP contribution in [0.25, 0.3) is 10.9 Å². The molecule has 1 aliphatic rings. The maximum absolute atomic E-state index is 15.2. The van der Waals surface area contributed by atoms with Crippen molar-refractivity contribution in [2.24, 2.45) is 23.1 Å². The number of benzene rings is 3. The fourth-order valence-corrected chi connectivity index (χ4v) is 13.4. The lowest BCUT2D eigenvalue weighted by Crippen LogP contribution is -2.61. The number of imidazole rings is 1. The highest BCUT2D eigenvalue weighted by atomic mass is 32.2. The molecule has 1 saturated heterocycles. The van der Waals surface area contributed by atoms with Crippen molar-refractivity contribution >= 4 is 117 Å². The Balaban J connectivity index is 1.25. The van der Waals surface area contributed by atoms with Crippen LogP contribution in [-0.2, 0) is 97.6 Å². The van der Waals surface area contributed by atoms with Crippen molar-refractivity contribution in [2.75, 3.05) is 51.4 Å². The summed E-state index contributed by atoms with van der Waals surface area (Å²) in [5.74, 6) is -14.9. The minimum Gasteiger partial charge on any atom is -0.508 e. The van der Waals surface area contributed by atoms with Crippen LogP contribution in [0, 0.1) is 11.3 Å². The number of aliphatic carboxylic acids is 1. The number of hydrogen-bond donors (Lipinski definition) is 23. The summed E-state index contributed by atoms with van der Waals surface area (Å²) in [6, 6.07) is 2.94. The minimum absolute atomic E-state index is 0.00491. The molecule has 5 aromatic rings. The monoisotopic (exact) mass is 1660 g/mol. The van der Waals surface area contributed by atoms with E-state index in [1.54, 1.807) is 80.9 Å². The molecule has 2 aromatic heterocycles. The molecule has 26 N–H and O–H groups in total. The molecule has 642 valence electrons. The largest absolute Gasteiger partial charge is 0.508 e. The standard InChI is InChI=1S/C77H109N21O19S/c1-42(2)64(65(79)106)97-75(116)61-20-13-30-98(61)76(117)54(18-10-11-28-78)88-62(103)38-85-66(107)57(34-46-36-84-50-17-9-8-16-49(46)50)94-67(108)51(19-12-29-83-77(80)81)89-70(111)55(32-44-14-6-5-7-15-44)92-72(113)58(35-47-37-82-41-86-47)95-68(109)52(25-26-63(104)105)90-69(110)53(27-31-118-4)91-74(115)60(40-100)96-71(112)56(33-45-21-23-48(102)24-22-45)93-73(114)59(39-99)87-43(3)101/h5-9,14-17,21-24,36-37,41-42,51-61,64,84,99-100,102H,10-13,18-20,25-35,38-40,78H2,1-4H3,(H2,79,106)(H,82,86)(H,85,107)(H,87,101)(H,88,103)(H,89,111)(H,90,110)(H,91,115)(H,92,113)(H,93,114)(H,94,108)(H,95,109)(H,96,112)(H,97,116)(H,104,105)(H4,80,81,83)/t51-,52-,53-,54-,55-,56+,57-,58-,59-,60-,61-,64-/m0/s1. The van der Waals surface area contributed by atoms with E-state index in [0.717, 1.165) is 6.92 Å². The van der Waals surface area contributed by atoms with Crippen molar-refractivity contribution in [1.82, 2.24) is 89.0 Å². The van der Waals surface area contributed by atoms with Gasteiger partial charge >= 0.3 is 5.97 Å². The Labute approximate surface area is 684 Å². The maximum atomic E-state index is 15.2. The summed E-state index contributed by atoms with van der Waals surface area (Å²) in [5.41, 5.74) is 19.3. The third-order valence-corrected chi connectivity index (χ3v) is 19.9. The SMILES string of the molecule is CSCC[C@H](NC(=O)[C@H](CO)NC(=O)[C@@H](Cc1ccc(O)cc1)NC(=O)[C@H](CO)NC(C)=O)C(=O)N[C@@H](CCC(=O)O)C(=O)N[C@@H](Cc1cnc[nH]1)C(=O)N[C@@H](Cc1ccccc1)C(=O)N[C@@H](CCCNC(=N)N)C(=O)N[C@@H](Cc1c[nH]c2ccccc12)C(=O)NCC(=O)N[C@@H](CCCCN)C(=O)N1CCC[C@H]1C(=O)N[C@H](C(N)=O)C(C)C. The molecular formula is C77H109N21O19S. The number of H-pyrrole nitrogens is 2. The van der Waals surface area contributed by atoms with Crippen molar-refractivity contribution in [2.45, 2.75) is 183 Å². The third-order valence-electron chi connectivity index (χ3n) is 19.2. The van der Waals surface area contributed by atoms with E-state index in [-0.39, 0.29) is 94.1 Å². The van der Waals surface area contributed by atoms with Crippen molar-refractivity contribution in [3.8, 4) is 5.75 Å². The number of para-hydroxylation sites is 1. The number of phenolic OH excluding ortho intramolecular Hbond substituents is 1. The summed E-state index contributed by atoms with van der Waals surface area (Å²) in [4.78, 5) is 220. The number of carbonyl (C=O) groups excluding carboxylic acids is 14. The molecular weight excluding hydrogens is 1560 g/mol. The maximum Gasteiger partial charge on any atom is 0.303 e. The molecule has 40 nitrogen and oxygen atoms in total. The van der Waals surface area contributed by atoms with E-state index in [1.807, 2.05) is 0 Å². The van der Waals surface area contributed by atoms with Crippen LogP contribution in [0.2, 0.25) is 0 Å². The molecule has 6 rings (SSSR count). The first kappa shape index (κ1) is 94.6. The first-order valence-electron chi connectivity index (χ1n) is 38.5. The van der Waals surface area contributed by atoms with E-state index in [0.29, 0.717) is 46.9 Å². The first-order chi connectivity index (χ1) is 56.3. The van der Waals surface area contributed by atoms with Gasteiger partial charge < -0.3 is 122 Å². The normalized spacial score (nSPS) is 15.2. The number of amides is 14. The number of aromatic hydroxyl groups is 1. The van der Waals surface area contributed by atoms with E-state index in [1.165, 1.54) is 53.5 Å². The van der Waals surface area contributed by atoms with Gasteiger partial charge in [0.05, 0.1) is 26.1 Å². The van der Waals surface area contributed by atoms with Crippen LogP contribution in [0.1, 0.15) is 107 Å². The van der Waals surface area contributed by atoms with Crippen molar-refractivity contribution in [3.63, 3.8) is 0 Å². The molecule has 1 aliphatic heterocycles. The number of nitrogens with zero attached hydrogens (tertiary/aromatic N) is 2. The predicted octanol–water partition coefficient (Wildman–Crippen LogP) is -4.54. The summed E-state index contributed by atoms with van der Waals surface area (Å²) in [5, 5.41) is 81.9. The second kappa shape index (κ2) is 48.3. The number of carboxylic acids is 1. The molecule has 12 atom stereocenters. The number of hydrogen-bond acceptors (Lipinski definition) is 22. The number of fused-ring (bicyclic) bond motifs is 1. The Morgan fingerprint density at radius 1 is 0.576 bits per heavy atom. The Hall–Kier alpha value is -12.2. The summed E-state index contributed by atoms with van der Waals surface area (Å²) < 4.78 is 0. The number of nitrogens with two attached hydrogens (primary N) is 3. The van der Waals surface area contributed by atoms with Crippen LogP contribution in [-0.4, -0.2) is 259 Å². The zero-order valence-electron chi connectivity index (χ0n) is 66.0. The highest BCUT2D eigenvalue weighted by molar-refractivity contribution is 7.98. The number of nitrogens with one attached hydrogen (secondary N) is 16. The van der Waals surface area contributed by atoms with Gasteiger partial charge in [0.1, 0.15) is 78.3 Å². The quantitative estimate of drug-likeness (QED) is 0.00991. The summed E-state index contributed by atoms with van der Waals surface area (Å²) in [6.07, 6.45) is 4.64. The van der Waals surface area contributed by atoms with Gasteiger partial charge in [0.25, 0.3) is 0 Å². The zero-order valence-corrected chi connectivity index (χ0v) is 66.9. The van der Waals surface area contributed by atoms with Gasteiger partial charge in [0.15, 0.2) is 5.96 Å². The fourth-order valence-electron chi connectivity index (χ4n) is 12.9. The van der Waals surface area contributed by atoms with Gasteiger partial charge in [-0.15, -0.1) is 0 Å². The number of aromatic amines is 2. The Morgan fingerprint density at radius 2 is 1.09 bits per heavy atom.